The standard InChI is InChI=1S/C12H17F3N2O2/c13-12(14,15)11(18)19-17-9(6-3-7-10(17)16)8-4-1-2-5-8/h8-9,16H,1-7H2. The number of alkyl halides is 3. The van der Waals surface area contributed by atoms with E-state index in [9.17, 15) is 18.0 Å². The Morgan fingerprint density at radius 1 is 1.21 bits per heavy atom. The molecule has 0 amide bonds. The molecule has 1 N–H and O–H groups in total. The number of carbonyl (C=O) groups is 1. The van der Waals surface area contributed by atoms with Crippen LogP contribution in [0.5, 0.6) is 0 Å². The molecule has 1 saturated heterocycles. The number of halogens is 3. The molecular formula is C12H17F3N2O2. The van der Waals surface area contributed by atoms with Crippen molar-refractivity contribution in [2.75, 3.05) is 0 Å². The topological polar surface area (TPSA) is 53.4 Å². The van der Waals surface area contributed by atoms with Crippen LogP contribution in [0.25, 0.3) is 0 Å². The Kier molecular flexibility index (Phi) is 4.01. The van der Waals surface area contributed by atoms with Crippen molar-refractivity contribution in [1.82, 2.24) is 5.06 Å². The molecule has 108 valence electrons. The van der Waals surface area contributed by atoms with Crippen molar-refractivity contribution in [3.63, 3.8) is 0 Å². The number of rotatable bonds is 2. The Labute approximate surface area is 109 Å². The molecule has 0 radical (unpaired) electrons. The van der Waals surface area contributed by atoms with Gasteiger partial charge < -0.3 is 4.84 Å². The summed E-state index contributed by atoms with van der Waals surface area (Å²) in [6.07, 6.45) is 0.742. The molecule has 2 rings (SSSR count). The van der Waals surface area contributed by atoms with Gasteiger partial charge >= 0.3 is 12.1 Å². The lowest BCUT2D eigenvalue weighted by molar-refractivity contribution is -0.234. The van der Waals surface area contributed by atoms with Crippen molar-refractivity contribution in [1.29, 1.82) is 5.41 Å². The molecule has 0 aromatic rings. The maximum Gasteiger partial charge on any atom is 0.493 e. The second-order valence-electron chi connectivity index (χ2n) is 5.15. The SMILES string of the molecule is N=C1CCCC(C2CCCC2)N1OC(=O)C(F)(F)F. The summed E-state index contributed by atoms with van der Waals surface area (Å²) in [5, 5.41) is 8.63. The van der Waals surface area contributed by atoms with Gasteiger partial charge in [-0.15, -0.1) is 0 Å². The van der Waals surface area contributed by atoms with Gasteiger partial charge in [-0.05, 0) is 31.6 Å². The summed E-state index contributed by atoms with van der Waals surface area (Å²) in [6, 6.07) is -0.268. The van der Waals surface area contributed by atoms with E-state index >= 15 is 0 Å². The van der Waals surface area contributed by atoms with Crippen molar-refractivity contribution in [3.05, 3.63) is 0 Å². The fourth-order valence-corrected chi connectivity index (χ4v) is 2.94. The van der Waals surface area contributed by atoms with Crippen LogP contribution in [-0.4, -0.2) is 29.1 Å². The number of piperidine rings is 1. The zero-order valence-corrected chi connectivity index (χ0v) is 10.5. The first kappa shape index (κ1) is 14.1. The number of hydrogen-bond acceptors (Lipinski definition) is 3. The Morgan fingerprint density at radius 3 is 2.42 bits per heavy atom. The molecule has 1 saturated carbocycles. The van der Waals surface area contributed by atoms with E-state index in [0.717, 1.165) is 37.2 Å². The molecule has 2 aliphatic rings. The molecular weight excluding hydrogens is 261 g/mol. The third kappa shape index (κ3) is 3.19. The van der Waals surface area contributed by atoms with Crippen LogP contribution in [0.2, 0.25) is 0 Å². The number of carbonyl (C=O) groups excluding carboxylic acids is 1. The van der Waals surface area contributed by atoms with E-state index in [1.165, 1.54) is 0 Å². The van der Waals surface area contributed by atoms with Crippen LogP contribution < -0.4 is 0 Å². The van der Waals surface area contributed by atoms with E-state index in [4.69, 9.17) is 5.41 Å². The third-order valence-corrected chi connectivity index (χ3v) is 3.84. The average molecular weight is 278 g/mol. The Hall–Kier alpha value is -1.27. The fraction of sp³-hybridized carbons (Fsp3) is 0.833. The summed E-state index contributed by atoms with van der Waals surface area (Å²) in [7, 11) is 0. The van der Waals surface area contributed by atoms with Crippen LogP contribution >= 0.6 is 0 Å². The molecule has 19 heavy (non-hydrogen) atoms. The second-order valence-corrected chi connectivity index (χ2v) is 5.15. The number of hydrogen-bond donors (Lipinski definition) is 1. The van der Waals surface area contributed by atoms with Crippen molar-refractivity contribution in [2.24, 2.45) is 5.92 Å². The number of amidine groups is 1. The van der Waals surface area contributed by atoms with E-state index in [0.29, 0.717) is 12.8 Å². The van der Waals surface area contributed by atoms with Gasteiger partial charge in [-0.3, -0.25) is 5.41 Å². The Balaban J connectivity index is 2.08. The van der Waals surface area contributed by atoms with Gasteiger partial charge in [0.1, 0.15) is 5.84 Å². The van der Waals surface area contributed by atoms with Gasteiger partial charge in [0.05, 0.1) is 6.04 Å². The Bertz CT molecular complexity index is 364. The minimum absolute atomic E-state index is 0.0271. The van der Waals surface area contributed by atoms with Gasteiger partial charge in [0.2, 0.25) is 0 Å². The number of nitrogens with zero attached hydrogens (tertiary/aromatic N) is 1. The summed E-state index contributed by atoms with van der Waals surface area (Å²) < 4.78 is 36.8. The second kappa shape index (κ2) is 5.38. The van der Waals surface area contributed by atoms with Gasteiger partial charge in [-0.25, -0.2) is 4.79 Å². The lowest BCUT2D eigenvalue weighted by atomic mass is 9.90. The zero-order chi connectivity index (χ0) is 14.0. The molecule has 1 atom stereocenters. The van der Waals surface area contributed by atoms with Crippen LogP contribution in [0.4, 0.5) is 13.2 Å². The monoisotopic (exact) mass is 278 g/mol. The maximum absolute atomic E-state index is 12.3. The van der Waals surface area contributed by atoms with E-state index in [-0.39, 0.29) is 17.8 Å². The van der Waals surface area contributed by atoms with Gasteiger partial charge in [0.15, 0.2) is 0 Å². The average Bonchev–Trinajstić information content (AvgIpc) is 2.83. The van der Waals surface area contributed by atoms with E-state index < -0.39 is 12.1 Å². The predicted octanol–water partition coefficient (Wildman–Crippen LogP) is 3.03. The normalized spacial score (nSPS) is 25.7. The molecule has 7 heteroatoms. The number of hydroxylamine groups is 2. The first-order valence-electron chi connectivity index (χ1n) is 6.55. The van der Waals surface area contributed by atoms with Gasteiger partial charge in [-0.2, -0.15) is 18.2 Å². The lowest BCUT2D eigenvalue weighted by Crippen LogP contribution is -2.49. The quantitative estimate of drug-likeness (QED) is 0.844. The van der Waals surface area contributed by atoms with Crippen molar-refractivity contribution in [3.8, 4) is 0 Å². The summed E-state index contributed by atoms with van der Waals surface area (Å²) in [6.45, 7) is 0. The molecule has 2 fully saturated rings. The number of nitrogens with one attached hydrogen (secondary N) is 1. The van der Waals surface area contributed by atoms with Crippen LogP contribution in [0.15, 0.2) is 0 Å². The predicted molar refractivity (Wildman–Crippen MR) is 61.3 cm³/mol. The first-order chi connectivity index (χ1) is 8.89. The van der Waals surface area contributed by atoms with Gasteiger partial charge in [-0.1, -0.05) is 12.8 Å². The summed E-state index contributed by atoms with van der Waals surface area (Å²) in [5.74, 6) is -2.04. The maximum atomic E-state index is 12.3. The molecule has 1 aliphatic carbocycles. The smallest absolute Gasteiger partial charge is 0.331 e. The van der Waals surface area contributed by atoms with Gasteiger partial charge in [0, 0.05) is 6.42 Å². The Morgan fingerprint density at radius 2 is 1.84 bits per heavy atom. The highest BCUT2D eigenvalue weighted by molar-refractivity contribution is 5.82. The lowest BCUT2D eigenvalue weighted by Gasteiger charge is -2.38. The molecule has 1 heterocycles. The van der Waals surface area contributed by atoms with E-state index in [2.05, 4.69) is 4.84 Å². The molecule has 1 unspecified atom stereocenters. The minimum Gasteiger partial charge on any atom is -0.331 e. The van der Waals surface area contributed by atoms with Crippen molar-refractivity contribution in [2.45, 2.75) is 57.2 Å². The fourth-order valence-electron chi connectivity index (χ4n) is 2.94. The highest BCUT2D eigenvalue weighted by Gasteiger charge is 2.45. The molecule has 0 spiro atoms. The summed E-state index contributed by atoms with van der Waals surface area (Å²) >= 11 is 0. The van der Waals surface area contributed by atoms with Crippen molar-refractivity contribution < 1.29 is 22.8 Å². The first-order valence-corrected chi connectivity index (χ1v) is 6.55. The van der Waals surface area contributed by atoms with Crippen LogP contribution in [0, 0.1) is 11.3 Å². The van der Waals surface area contributed by atoms with Crippen molar-refractivity contribution >= 4 is 11.8 Å². The van der Waals surface area contributed by atoms with Crippen LogP contribution in [0.3, 0.4) is 0 Å². The van der Waals surface area contributed by atoms with Gasteiger partial charge in [0.25, 0.3) is 0 Å². The van der Waals surface area contributed by atoms with E-state index in [1.807, 2.05) is 0 Å². The third-order valence-electron chi connectivity index (χ3n) is 3.84. The minimum atomic E-state index is -5.02. The largest absolute Gasteiger partial charge is 0.493 e. The molecule has 0 aromatic carbocycles. The highest BCUT2D eigenvalue weighted by atomic mass is 19.4. The summed E-state index contributed by atoms with van der Waals surface area (Å²) in [5.41, 5.74) is 0. The summed E-state index contributed by atoms with van der Waals surface area (Å²) in [4.78, 5) is 15.4. The molecule has 1 aliphatic heterocycles. The van der Waals surface area contributed by atoms with E-state index in [1.54, 1.807) is 0 Å². The molecule has 0 bridgehead atoms. The highest BCUT2D eigenvalue weighted by Crippen LogP contribution is 2.35. The van der Waals surface area contributed by atoms with Crippen LogP contribution in [0.1, 0.15) is 44.9 Å². The van der Waals surface area contributed by atoms with Crippen LogP contribution in [-0.2, 0) is 9.63 Å². The molecule has 4 nitrogen and oxygen atoms in total. The molecule has 0 aromatic heterocycles. The zero-order valence-electron chi connectivity index (χ0n) is 10.5.